The zero-order valence-electron chi connectivity index (χ0n) is 16.0. The summed E-state index contributed by atoms with van der Waals surface area (Å²) < 4.78 is 4.92. The van der Waals surface area contributed by atoms with Crippen LogP contribution in [0.15, 0.2) is 48.5 Å². The van der Waals surface area contributed by atoms with Crippen molar-refractivity contribution >= 4 is 29.3 Å². The maximum absolute atomic E-state index is 12.5. The van der Waals surface area contributed by atoms with Crippen LogP contribution >= 0.6 is 0 Å². The molecule has 0 aromatic heterocycles. The highest BCUT2D eigenvalue weighted by Gasteiger charge is 2.27. The number of ether oxygens (including phenoxy) is 1. The number of fused-ring (bicyclic) bond motifs is 1. The molecule has 2 N–H and O–H groups in total. The first kappa shape index (κ1) is 19.0. The van der Waals surface area contributed by atoms with Crippen LogP contribution in [0.5, 0.6) is 0 Å². The largest absolute Gasteiger partial charge is 0.444 e. The monoisotopic (exact) mass is 393 g/mol. The molecule has 3 amide bonds. The predicted octanol–water partition coefficient (Wildman–Crippen LogP) is 3.17. The Morgan fingerprint density at radius 2 is 1.86 bits per heavy atom. The number of nitrogens with zero attached hydrogens (tertiary/aromatic N) is 1. The van der Waals surface area contributed by atoms with Gasteiger partial charge < -0.3 is 15.0 Å². The Hall–Kier alpha value is -3.35. The van der Waals surface area contributed by atoms with Crippen molar-refractivity contribution in [1.29, 1.82) is 0 Å². The fourth-order valence-electron chi connectivity index (χ4n) is 3.82. The van der Waals surface area contributed by atoms with Gasteiger partial charge in [0, 0.05) is 24.3 Å². The average Bonchev–Trinajstić information content (AvgIpc) is 2.74. The molecule has 1 fully saturated rings. The Bertz CT molecular complexity index is 921. The molecular weight excluding hydrogens is 370 g/mol. The Labute approximate surface area is 169 Å². The molecule has 0 radical (unpaired) electrons. The van der Waals surface area contributed by atoms with Crippen LogP contribution in [0.4, 0.5) is 16.2 Å². The van der Waals surface area contributed by atoms with Gasteiger partial charge in [-0.25, -0.2) is 4.79 Å². The summed E-state index contributed by atoms with van der Waals surface area (Å²) in [4.78, 5) is 37.8. The molecule has 150 valence electrons. The number of piperidine rings is 1. The number of benzene rings is 2. The highest BCUT2D eigenvalue weighted by Crippen LogP contribution is 2.25. The lowest BCUT2D eigenvalue weighted by molar-refractivity contribution is -0.144. The van der Waals surface area contributed by atoms with E-state index in [1.807, 2.05) is 18.2 Å². The fourth-order valence-corrected chi connectivity index (χ4v) is 3.82. The van der Waals surface area contributed by atoms with Gasteiger partial charge in [-0.1, -0.05) is 30.3 Å². The molecule has 7 nitrogen and oxygen atoms in total. The Morgan fingerprint density at radius 3 is 2.62 bits per heavy atom. The van der Waals surface area contributed by atoms with E-state index in [-0.39, 0.29) is 6.61 Å². The van der Waals surface area contributed by atoms with Gasteiger partial charge in [-0.05, 0) is 48.9 Å². The van der Waals surface area contributed by atoms with Crippen LogP contribution in [0.25, 0.3) is 0 Å². The molecule has 1 saturated heterocycles. The molecule has 7 heteroatoms. The molecule has 0 unspecified atom stereocenters. The van der Waals surface area contributed by atoms with Crippen LogP contribution in [0, 0.1) is 5.92 Å². The van der Waals surface area contributed by atoms with Crippen molar-refractivity contribution in [2.24, 2.45) is 5.92 Å². The Morgan fingerprint density at radius 1 is 1.10 bits per heavy atom. The molecule has 2 aliphatic rings. The first-order valence-electron chi connectivity index (χ1n) is 9.79. The third kappa shape index (κ3) is 4.56. The number of anilines is 2. The normalized spacial score (nSPS) is 16.4. The lowest BCUT2D eigenvalue weighted by Gasteiger charge is -2.31. The molecule has 0 spiro atoms. The predicted molar refractivity (Wildman–Crippen MR) is 108 cm³/mol. The van der Waals surface area contributed by atoms with E-state index in [0.29, 0.717) is 30.4 Å². The van der Waals surface area contributed by atoms with Gasteiger partial charge in [-0.15, -0.1) is 0 Å². The minimum absolute atomic E-state index is 0.133. The van der Waals surface area contributed by atoms with Crippen LogP contribution in [-0.4, -0.2) is 35.9 Å². The molecule has 2 aromatic carbocycles. The molecule has 4 rings (SSSR count). The van der Waals surface area contributed by atoms with Crippen molar-refractivity contribution in [1.82, 2.24) is 4.90 Å². The number of cyclic esters (lactones) is 1. The minimum Gasteiger partial charge on any atom is -0.444 e. The second kappa shape index (κ2) is 8.34. The molecule has 0 atom stereocenters. The summed E-state index contributed by atoms with van der Waals surface area (Å²) in [5, 5.41) is 5.24. The van der Waals surface area contributed by atoms with Crippen molar-refractivity contribution in [2.75, 3.05) is 23.7 Å². The third-order valence-electron chi connectivity index (χ3n) is 5.42. The number of rotatable bonds is 3. The van der Waals surface area contributed by atoms with Crippen LogP contribution in [0.3, 0.4) is 0 Å². The SMILES string of the molecule is O=C1Nc2ccc(NC(=O)C(=O)N3CCC(Cc4ccccc4)CC3)cc2CO1. The smallest absolute Gasteiger partial charge is 0.411 e. The highest BCUT2D eigenvalue weighted by atomic mass is 16.5. The van der Waals surface area contributed by atoms with E-state index in [1.165, 1.54) is 5.56 Å². The van der Waals surface area contributed by atoms with Gasteiger partial charge in [-0.2, -0.15) is 0 Å². The highest BCUT2D eigenvalue weighted by molar-refractivity contribution is 6.39. The van der Waals surface area contributed by atoms with Crippen LogP contribution in [0.2, 0.25) is 0 Å². The van der Waals surface area contributed by atoms with Gasteiger partial charge in [0.15, 0.2) is 0 Å². The van der Waals surface area contributed by atoms with E-state index < -0.39 is 17.9 Å². The maximum Gasteiger partial charge on any atom is 0.411 e. The molecule has 0 aliphatic carbocycles. The zero-order valence-corrected chi connectivity index (χ0v) is 16.0. The topological polar surface area (TPSA) is 87.7 Å². The lowest BCUT2D eigenvalue weighted by atomic mass is 9.90. The molecule has 0 bridgehead atoms. The first-order chi connectivity index (χ1) is 14.1. The van der Waals surface area contributed by atoms with Gasteiger partial charge in [0.2, 0.25) is 0 Å². The molecular formula is C22H23N3O4. The van der Waals surface area contributed by atoms with E-state index in [1.54, 1.807) is 23.1 Å². The summed E-state index contributed by atoms with van der Waals surface area (Å²) in [5.41, 5.74) is 3.20. The van der Waals surface area contributed by atoms with E-state index in [0.717, 1.165) is 24.8 Å². The Balaban J connectivity index is 1.30. The van der Waals surface area contributed by atoms with E-state index >= 15 is 0 Å². The molecule has 2 heterocycles. The third-order valence-corrected chi connectivity index (χ3v) is 5.42. The van der Waals surface area contributed by atoms with Crippen LogP contribution in [0.1, 0.15) is 24.0 Å². The number of carbonyl (C=O) groups excluding carboxylic acids is 3. The summed E-state index contributed by atoms with van der Waals surface area (Å²) in [6, 6.07) is 15.4. The number of amides is 3. The van der Waals surface area contributed by atoms with Gasteiger partial charge >= 0.3 is 17.9 Å². The Kier molecular flexibility index (Phi) is 5.46. The quantitative estimate of drug-likeness (QED) is 0.784. The van der Waals surface area contributed by atoms with Gasteiger partial charge in [0.1, 0.15) is 6.61 Å². The summed E-state index contributed by atoms with van der Waals surface area (Å²) in [7, 11) is 0. The molecule has 2 aliphatic heterocycles. The van der Waals surface area contributed by atoms with Crippen molar-refractivity contribution in [3.05, 3.63) is 59.7 Å². The standard InChI is InChI=1S/C22H23N3O4/c26-20(23-18-6-7-19-17(13-18)14-29-22(28)24-19)21(27)25-10-8-16(9-11-25)12-15-4-2-1-3-5-15/h1-7,13,16H,8-12,14H2,(H,23,26)(H,24,28). The van der Waals surface area contributed by atoms with Crippen LogP contribution < -0.4 is 10.6 Å². The summed E-state index contributed by atoms with van der Waals surface area (Å²) in [6.07, 6.45) is 2.29. The summed E-state index contributed by atoms with van der Waals surface area (Å²) >= 11 is 0. The fraction of sp³-hybridized carbons (Fsp3) is 0.318. The van der Waals surface area contributed by atoms with Crippen molar-refractivity contribution < 1.29 is 19.1 Å². The van der Waals surface area contributed by atoms with E-state index in [9.17, 15) is 14.4 Å². The number of carbonyl (C=O) groups is 3. The van der Waals surface area contributed by atoms with Gasteiger partial charge in [-0.3, -0.25) is 14.9 Å². The molecule has 2 aromatic rings. The van der Waals surface area contributed by atoms with Crippen LogP contribution in [-0.2, 0) is 27.4 Å². The number of likely N-dealkylation sites (tertiary alicyclic amines) is 1. The lowest BCUT2D eigenvalue weighted by Crippen LogP contribution is -2.44. The van der Waals surface area contributed by atoms with Crippen molar-refractivity contribution in [3.63, 3.8) is 0 Å². The van der Waals surface area contributed by atoms with E-state index in [4.69, 9.17) is 4.74 Å². The first-order valence-corrected chi connectivity index (χ1v) is 9.79. The van der Waals surface area contributed by atoms with Gasteiger partial charge in [0.25, 0.3) is 0 Å². The second-order valence-corrected chi connectivity index (χ2v) is 7.45. The average molecular weight is 393 g/mol. The van der Waals surface area contributed by atoms with E-state index in [2.05, 4.69) is 22.8 Å². The number of nitrogens with one attached hydrogen (secondary N) is 2. The van der Waals surface area contributed by atoms with Gasteiger partial charge in [0.05, 0.1) is 5.69 Å². The number of hydrogen-bond acceptors (Lipinski definition) is 4. The minimum atomic E-state index is -0.646. The molecule has 29 heavy (non-hydrogen) atoms. The summed E-state index contributed by atoms with van der Waals surface area (Å²) in [5.74, 6) is -0.627. The zero-order chi connectivity index (χ0) is 20.2. The van der Waals surface area contributed by atoms with Crippen molar-refractivity contribution in [2.45, 2.75) is 25.9 Å². The summed E-state index contributed by atoms with van der Waals surface area (Å²) in [6.45, 7) is 1.31. The molecule has 0 saturated carbocycles. The number of hydrogen-bond donors (Lipinski definition) is 2. The maximum atomic E-state index is 12.5. The van der Waals surface area contributed by atoms with Crippen molar-refractivity contribution in [3.8, 4) is 0 Å². The second-order valence-electron chi connectivity index (χ2n) is 7.45.